The van der Waals surface area contributed by atoms with E-state index in [1.54, 1.807) is 6.26 Å². The maximum atomic E-state index is 12.3. The van der Waals surface area contributed by atoms with Gasteiger partial charge in [-0.05, 0) is 30.7 Å². The molecule has 4 heterocycles. The predicted octanol–water partition coefficient (Wildman–Crippen LogP) is 1.07. The summed E-state index contributed by atoms with van der Waals surface area (Å²) in [5.74, 6) is 2.55. The normalized spacial score (nSPS) is 26.2. The minimum absolute atomic E-state index is 0.0667. The average Bonchev–Trinajstić information content (AvgIpc) is 2.99. The van der Waals surface area contributed by atoms with Gasteiger partial charge < -0.3 is 14.3 Å². The van der Waals surface area contributed by atoms with Gasteiger partial charge in [-0.3, -0.25) is 9.69 Å². The summed E-state index contributed by atoms with van der Waals surface area (Å²) in [6.45, 7) is 3.91. The van der Waals surface area contributed by atoms with E-state index in [1.165, 1.54) is 5.56 Å². The molecule has 126 valence electrons. The van der Waals surface area contributed by atoms with Crippen molar-refractivity contribution in [3.05, 3.63) is 35.8 Å². The first kappa shape index (κ1) is 14.2. The van der Waals surface area contributed by atoms with Crippen LogP contribution < -0.4 is 5.32 Å². The summed E-state index contributed by atoms with van der Waals surface area (Å²) in [5.41, 5.74) is 1.22. The Hall–Kier alpha value is -2.15. The van der Waals surface area contributed by atoms with Crippen LogP contribution in [0.3, 0.4) is 0 Å². The van der Waals surface area contributed by atoms with Crippen LogP contribution in [0.4, 0.5) is 0 Å². The number of nitrogens with zero attached hydrogens (tertiary/aromatic N) is 4. The first-order chi connectivity index (χ1) is 11.8. The highest BCUT2D eigenvalue weighted by Gasteiger charge is 2.39. The van der Waals surface area contributed by atoms with Gasteiger partial charge in [-0.2, -0.15) is 0 Å². The molecule has 2 aromatic heterocycles. The van der Waals surface area contributed by atoms with Crippen LogP contribution in [-0.4, -0.2) is 44.7 Å². The van der Waals surface area contributed by atoms with E-state index in [2.05, 4.69) is 20.4 Å². The van der Waals surface area contributed by atoms with E-state index in [9.17, 15) is 4.79 Å². The molecule has 0 radical (unpaired) electrons. The van der Waals surface area contributed by atoms with Gasteiger partial charge in [0.05, 0.1) is 12.5 Å². The molecule has 1 saturated carbocycles. The molecular weight excluding hydrogens is 306 g/mol. The zero-order valence-corrected chi connectivity index (χ0v) is 13.5. The number of nitrogens with one attached hydrogen (secondary N) is 1. The molecule has 1 aliphatic carbocycles. The molecule has 2 aromatic rings. The van der Waals surface area contributed by atoms with Gasteiger partial charge in [0.1, 0.15) is 5.82 Å². The Morgan fingerprint density at radius 1 is 1.25 bits per heavy atom. The molecule has 2 fully saturated rings. The zero-order chi connectivity index (χ0) is 16.1. The first-order valence-corrected chi connectivity index (χ1v) is 8.72. The van der Waals surface area contributed by atoms with Gasteiger partial charge in [-0.15, -0.1) is 10.2 Å². The summed E-state index contributed by atoms with van der Waals surface area (Å²) >= 11 is 0. The average molecular weight is 327 g/mol. The van der Waals surface area contributed by atoms with Gasteiger partial charge in [0.25, 0.3) is 5.91 Å². The highest BCUT2D eigenvalue weighted by molar-refractivity contribution is 5.91. The van der Waals surface area contributed by atoms with E-state index in [0.29, 0.717) is 23.7 Å². The first-order valence-electron chi connectivity index (χ1n) is 8.72. The number of carbonyl (C=O) groups is 1. The molecule has 1 amide bonds. The number of furan rings is 1. The summed E-state index contributed by atoms with van der Waals surface area (Å²) in [5, 5.41) is 11.5. The quantitative estimate of drug-likeness (QED) is 0.909. The van der Waals surface area contributed by atoms with Crippen molar-refractivity contribution in [2.24, 2.45) is 11.8 Å². The van der Waals surface area contributed by atoms with E-state index in [4.69, 9.17) is 4.42 Å². The van der Waals surface area contributed by atoms with Gasteiger partial charge in [0.15, 0.2) is 0 Å². The molecule has 7 heteroatoms. The molecule has 1 N–H and O–H groups in total. The number of hydrogen-bond donors (Lipinski definition) is 1. The Morgan fingerprint density at radius 3 is 2.92 bits per heavy atom. The Labute approximate surface area is 140 Å². The van der Waals surface area contributed by atoms with Crippen molar-refractivity contribution in [1.29, 1.82) is 0 Å². The number of fused-ring (bicyclic) bond motifs is 2. The summed E-state index contributed by atoms with van der Waals surface area (Å²) in [7, 11) is 0. The predicted molar refractivity (Wildman–Crippen MR) is 85.2 cm³/mol. The van der Waals surface area contributed by atoms with Crippen LogP contribution in [0.1, 0.15) is 34.8 Å². The fourth-order valence-corrected chi connectivity index (χ4v) is 4.04. The van der Waals surface area contributed by atoms with Crippen molar-refractivity contribution in [3.63, 3.8) is 0 Å². The van der Waals surface area contributed by atoms with Crippen molar-refractivity contribution < 1.29 is 9.21 Å². The van der Waals surface area contributed by atoms with Crippen LogP contribution in [0.2, 0.25) is 0 Å². The molecule has 5 rings (SSSR count). The second kappa shape index (κ2) is 5.44. The van der Waals surface area contributed by atoms with Crippen molar-refractivity contribution in [2.45, 2.75) is 38.4 Å². The number of amides is 1. The summed E-state index contributed by atoms with van der Waals surface area (Å²) in [6, 6.07) is 2.37. The number of likely N-dealkylation sites (tertiary alicyclic amines) is 1. The Kier molecular flexibility index (Phi) is 3.22. The molecule has 2 aliphatic heterocycles. The van der Waals surface area contributed by atoms with Crippen LogP contribution in [0.15, 0.2) is 23.0 Å². The minimum atomic E-state index is -0.0667. The molecule has 0 spiro atoms. The number of hydrogen-bond acceptors (Lipinski definition) is 5. The summed E-state index contributed by atoms with van der Waals surface area (Å²) < 4.78 is 7.21. The van der Waals surface area contributed by atoms with E-state index in [1.807, 2.05) is 16.9 Å². The van der Waals surface area contributed by atoms with Crippen LogP contribution in [0.25, 0.3) is 0 Å². The lowest BCUT2D eigenvalue weighted by atomic mass is 9.89. The fraction of sp³-hybridized carbons (Fsp3) is 0.588. The molecule has 24 heavy (non-hydrogen) atoms. The van der Waals surface area contributed by atoms with Crippen molar-refractivity contribution in [3.8, 4) is 0 Å². The Bertz CT molecular complexity index is 749. The Morgan fingerprint density at radius 2 is 2.12 bits per heavy atom. The number of carbonyl (C=O) groups excluding carboxylic acids is 1. The van der Waals surface area contributed by atoms with E-state index in [0.717, 1.165) is 51.3 Å². The molecule has 7 nitrogen and oxygen atoms in total. The molecule has 0 aromatic carbocycles. The Balaban J connectivity index is 1.30. The lowest BCUT2D eigenvalue weighted by molar-refractivity contribution is 0.0932. The number of rotatable bonds is 4. The van der Waals surface area contributed by atoms with E-state index in [-0.39, 0.29) is 5.91 Å². The highest BCUT2D eigenvalue weighted by atomic mass is 16.3. The van der Waals surface area contributed by atoms with E-state index >= 15 is 0 Å². The zero-order valence-electron chi connectivity index (χ0n) is 13.5. The minimum Gasteiger partial charge on any atom is -0.472 e. The summed E-state index contributed by atoms with van der Waals surface area (Å²) in [6.07, 6.45) is 6.62. The van der Waals surface area contributed by atoms with Gasteiger partial charge in [-0.1, -0.05) is 0 Å². The fourth-order valence-electron chi connectivity index (χ4n) is 4.04. The highest BCUT2D eigenvalue weighted by Crippen LogP contribution is 2.33. The smallest absolute Gasteiger partial charge is 0.289 e. The molecule has 2 atom stereocenters. The maximum Gasteiger partial charge on any atom is 0.289 e. The second-order valence-corrected chi connectivity index (χ2v) is 7.35. The van der Waals surface area contributed by atoms with Crippen LogP contribution in [-0.2, 0) is 19.5 Å². The largest absolute Gasteiger partial charge is 0.472 e. The van der Waals surface area contributed by atoms with Crippen LogP contribution >= 0.6 is 0 Å². The molecular formula is C17H21N5O2. The lowest BCUT2D eigenvalue weighted by Crippen LogP contribution is -2.33. The summed E-state index contributed by atoms with van der Waals surface area (Å²) in [4.78, 5) is 14.8. The van der Waals surface area contributed by atoms with Gasteiger partial charge >= 0.3 is 0 Å². The standard InChI is InChI=1S/C17H21N5O2/c23-17(18-14-1-2-14)16-20-19-15-5-12-7-21(6-11-3-4-24-10-11)8-13(12)9-22(15)16/h3-4,10,12-14H,1-2,5-9H2,(H,18,23)/t12-,13+/m1/s1. The van der Waals surface area contributed by atoms with Crippen molar-refractivity contribution in [2.75, 3.05) is 13.1 Å². The second-order valence-electron chi connectivity index (χ2n) is 7.35. The van der Waals surface area contributed by atoms with E-state index < -0.39 is 0 Å². The van der Waals surface area contributed by atoms with Crippen molar-refractivity contribution >= 4 is 5.91 Å². The third-order valence-corrected chi connectivity index (χ3v) is 5.44. The molecule has 1 saturated heterocycles. The van der Waals surface area contributed by atoms with Crippen molar-refractivity contribution in [1.82, 2.24) is 25.0 Å². The molecule has 0 bridgehead atoms. The monoisotopic (exact) mass is 327 g/mol. The third kappa shape index (κ3) is 2.53. The van der Waals surface area contributed by atoms with Crippen LogP contribution in [0.5, 0.6) is 0 Å². The maximum absolute atomic E-state index is 12.3. The molecule has 0 unspecified atom stereocenters. The SMILES string of the molecule is O=C(NC1CC1)c1nnc2n1C[C@@H]1CN(Cc3ccoc3)C[C@H]1C2. The number of aromatic nitrogens is 3. The van der Waals surface area contributed by atoms with Crippen LogP contribution in [0, 0.1) is 11.8 Å². The lowest BCUT2D eigenvalue weighted by Gasteiger charge is -2.25. The third-order valence-electron chi connectivity index (χ3n) is 5.44. The van der Waals surface area contributed by atoms with Gasteiger partial charge in [-0.25, -0.2) is 0 Å². The molecule has 3 aliphatic rings. The van der Waals surface area contributed by atoms with Gasteiger partial charge in [0.2, 0.25) is 5.82 Å². The topological polar surface area (TPSA) is 76.2 Å². The van der Waals surface area contributed by atoms with Gasteiger partial charge in [0, 0.05) is 44.2 Å².